The first-order chi connectivity index (χ1) is 12.9. The first-order valence-corrected chi connectivity index (χ1v) is 9.39. The minimum atomic E-state index is -0.543. The summed E-state index contributed by atoms with van der Waals surface area (Å²) in [6.45, 7) is 6.04. The summed E-state index contributed by atoms with van der Waals surface area (Å²) in [6, 6.07) is 31.0. The van der Waals surface area contributed by atoms with Crippen LogP contribution < -0.4 is 5.32 Å². The molecule has 3 aromatic rings. The maximum atomic E-state index is 13.1. The SMILES string of the molecule is CC(C)(C)NC(=O)CC(c1ccccc1)(c1ccccc1)c1ccccc1. The molecular formula is C25H27NO. The summed E-state index contributed by atoms with van der Waals surface area (Å²) >= 11 is 0. The molecule has 3 aromatic carbocycles. The standard InChI is InChI=1S/C25H27NO/c1-24(2,3)26-23(27)19-25(20-13-7-4-8-14-20,21-15-9-5-10-16-21)22-17-11-6-12-18-22/h4-18H,19H2,1-3H3,(H,26,27). The highest BCUT2D eigenvalue weighted by molar-refractivity contribution is 5.80. The first-order valence-electron chi connectivity index (χ1n) is 9.39. The predicted octanol–water partition coefficient (Wildman–Crippen LogP) is 5.33. The molecule has 0 radical (unpaired) electrons. The summed E-state index contributed by atoms with van der Waals surface area (Å²) in [7, 11) is 0. The lowest BCUT2D eigenvalue weighted by atomic mass is 9.67. The van der Waals surface area contributed by atoms with Gasteiger partial charge in [-0.15, -0.1) is 0 Å². The molecule has 27 heavy (non-hydrogen) atoms. The van der Waals surface area contributed by atoms with Gasteiger partial charge in [0.2, 0.25) is 5.91 Å². The van der Waals surface area contributed by atoms with Gasteiger partial charge in [0.05, 0.1) is 5.41 Å². The highest BCUT2D eigenvalue weighted by Crippen LogP contribution is 2.42. The summed E-state index contributed by atoms with van der Waals surface area (Å²) in [4.78, 5) is 13.1. The van der Waals surface area contributed by atoms with E-state index in [2.05, 4.69) is 41.7 Å². The van der Waals surface area contributed by atoms with Crippen molar-refractivity contribution in [2.45, 2.75) is 38.1 Å². The minimum absolute atomic E-state index is 0.0408. The first kappa shape index (κ1) is 18.9. The normalized spacial score (nSPS) is 11.8. The molecule has 0 aromatic heterocycles. The number of benzene rings is 3. The zero-order valence-corrected chi connectivity index (χ0v) is 16.3. The van der Waals surface area contributed by atoms with Crippen molar-refractivity contribution in [1.29, 1.82) is 0 Å². The number of hydrogen-bond donors (Lipinski definition) is 1. The molecule has 0 bridgehead atoms. The lowest BCUT2D eigenvalue weighted by Crippen LogP contribution is -2.44. The Morgan fingerprint density at radius 2 is 1.00 bits per heavy atom. The van der Waals surface area contributed by atoms with Crippen LogP contribution >= 0.6 is 0 Å². The van der Waals surface area contributed by atoms with Gasteiger partial charge >= 0.3 is 0 Å². The van der Waals surface area contributed by atoms with Gasteiger partial charge in [0.15, 0.2) is 0 Å². The van der Waals surface area contributed by atoms with Crippen molar-refractivity contribution in [3.63, 3.8) is 0 Å². The van der Waals surface area contributed by atoms with E-state index in [-0.39, 0.29) is 11.4 Å². The molecule has 138 valence electrons. The lowest BCUT2D eigenvalue weighted by molar-refractivity contribution is -0.123. The van der Waals surface area contributed by atoms with E-state index in [1.165, 1.54) is 0 Å². The Balaban J connectivity index is 2.21. The summed E-state index contributed by atoms with van der Waals surface area (Å²) in [6.07, 6.45) is 0.350. The third-order valence-corrected chi connectivity index (χ3v) is 4.74. The van der Waals surface area contributed by atoms with Crippen LogP contribution in [0.15, 0.2) is 91.0 Å². The number of nitrogens with one attached hydrogen (secondary N) is 1. The van der Waals surface area contributed by atoms with Gasteiger partial charge in [0.25, 0.3) is 0 Å². The van der Waals surface area contributed by atoms with E-state index >= 15 is 0 Å². The van der Waals surface area contributed by atoms with E-state index in [1.54, 1.807) is 0 Å². The molecule has 0 aliphatic heterocycles. The van der Waals surface area contributed by atoms with Gasteiger partial charge in [-0.25, -0.2) is 0 Å². The molecule has 0 aliphatic carbocycles. The number of carbonyl (C=O) groups is 1. The molecule has 0 atom stereocenters. The zero-order chi connectivity index (χ0) is 19.3. The van der Waals surface area contributed by atoms with Crippen molar-refractivity contribution >= 4 is 5.91 Å². The van der Waals surface area contributed by atoms with Gasteiger partial charge in [-0.05, 0) is 37.5 Å². The second-order valence-corrected chi connectivity index (χ2v) is 7.98. The van der Waals surface area contributed by atoms with Crippen LogP contribution in [0.5, 0.6) is 0 Å². The van der Waals surface area contributed by atoms with Crippen molar-refractivity contribution < 1.29 is 4.79 Å². The maximum Gasteiger partial charge on any atom is 0.221 e. The Morgan fingerprint density at radius 1 is 0.667 bits per heavy atom. The van der Waals surface area contributed by atoms with E-state index in [0.29, 0.717) is 6.42 Å². The molecule has 0 heterocycles. The van der Waals surface area contributed by atoms with Crippen LogP contribution in [0.25, 0.3) is 0 Å². The lowest BCUT2D eigenvalue weighted by Gasteiger charge is -2.36. The van der Waals surface area contributed by atoms with E-state index in [1.807, 2.05) is 75.4 Å². The van der Waals surface area contributed by atoms with Crippen molar-refractivity contribution in [3.05, 3.63) is 108 Å². The summed E-state index contributed by atoms with van der Waals surface area (Å²) in [5, 5.41) is 3.14. The molecule has 2 heteroatoms. The van der Waals surface area contributed by atoms with Gasteiger partial charge in [0, 0.05) is 12.0 Å². The fraction of sp³-hybridized carbons (Fsp3) is 0.240. The average molecular weight is 357 g/mol. The molecule has 0 spiro atoms. The summed E-state index contributed by atoms with van der Waals surface area (Å²) in [5.74, 6) is 0.0408. The third kappa shape index (κ3) is 4.28. The van der Waals surface area contributed by atoms with E-state index in [9.17, 15) is 4.79 Å². The zero-order valence-electron chi connectivity index (χ0n) is 16.3. The molecule has 0 saturated heterocycles. The van der Waals surface area contributed by atoms with Crippen LogP contribution in [-0.2, 0) is 10.2 Å². The molecule has 3 rings (SSSR count). The van der Waals surface area contributed by atoms with Crippen molar-refractivity contribution in [1.82, 2.24) is 5.32 Å². The third-order valence-electron chi connectivity index (χ3n) is 4.74. The minimum Gasteiger partial charge on any atom is -0.351 e. The van der Waals surface area contributed by atoms with Gasteiger partial charge in [-0.3, -0.25) is 4.79 Å². The number of carbonyl (C=O) groups excluding carboxylic acids is 1. The Kier molecular flexibility index (Phi) is 5.46. The monoisotopic (exact) mass is 357 g/mol. The van der Waals surface area contributed by atoms with Gasteiger partial charge in [-0.1, -0.05) is 91.0 Å². The molecule has 0 aliphatic rings. The topological polar surface area (TPSA) is 29.1 Å². The highest BCUT2D eigenvalue weighted by atomic mass is 16.1. The van der Waals surface area contributed by atoms with Crippen molar-refractivity contribution in [2.24, 2.45) is 0 Å². The molecule has 0 fully saturated rings. The van der Waals surface area contributed by atoms with Crippen LogP contribution in [-0.4, -0.2) is 11.4 Å². The second-order valence-electron chi connectivity index (χ2n) is 7.98. The van der Waals surface area contributed by atoms with Crippen LogP contribution in [0.2, 0.25) is 0 Å². The summed E-state index contributed by atoms with van der Waals surface area (Å²) in [5.41, 5.74) is 2.54. The van der Waals surface area contributed by atoms with Crippen molar-refractivity contribution in [2.75, 3.05) is 0 Å². The summed E-state index contributed by atoms with van der Waals surface area (Å²) < 4.78 is 0. The molecular weight excluding hydrogens is 330 g/mol. The van der Waals surface area contributed by atoms with Gasteiger partial charge in [0.1, 0.15) is 0 Å². The Labute approximate surface area is 162 Å². The van der Waals surface area contributed by atoms with Crippen LogP contribution in [0.1, 0.15) is 43.9 Å². The van der Waals surface area contributed by atoms with E-state index < -0.39 is 5.41 Å². The molecule has 1 amide bonds. The molecule has 1 N–H and O–H groups in total. The smallest absolute Gasteiger partial charge is 0.221 e. The fourth-order valence-electron chi connectivity index (χ4n) is 3.68. The van der Waals surface area contributed by atoms with E-state index in [0.717, 1.165) is 16.7 Å². The Bertz CT molecular complexity index is 768. The largest absolute Gasteiger partial charge is 0.351 e. The van der Waals surface area contributed by atoms with Gasteiger partial charge < -0.3 is 5.32 Å². The quantitative estimate of drug-likeness (QED) is 0.615. The highest BCUT2D eigenvalue weighted by Gasteiger charge is 2.38. The van der Waals surface area contributed by atoms with Gasteiger partial charge in [-0.2, -0.15) is 0 Å². The number of amides is 1. The Hall–Kier alpha value is -2.87. The fourth-order valence-corrected chi connectivity index (χ4v) is 3.68. The maximum absolute atomic E-state index is 13.1. The second kappa shape index (κ2) is 7.79. The molecule has 0 unspecified atom stereocenters. The van der Waals surface area contributed by atoms with Crippen LogP contribution in [0.3, 0.4) is 0 Å². The van der Waals surface area contributed by atoms with Crippen LogP contribution in [0, 0.1) is 0 Å². The molecule has 0 saturated carbocycles. The van der Waals surface area contributed by atoms with Crippen molar-refractivity contribution in [3.8, 4) is 0 Å². The Morgan fingerprint density at radius 3 is 1.30 bits per heavy atom. The average Bonchev–Trinajstić information content (AvgIpc) is 2.67. The molecule has 2 nitrogen and oxygen atoms in total. The van der Waals surface area contributed by atoms with E-state index in [4.69, 9.17) is 0 Å². The number of hydrogen-bond acceptors (Lipinski definition) is 1. The van der Waals surface area contributed by atoms with Crippen LogP contribution in [0.4, 0.5) is 0 Å². The number of rotatable bonds is 5. The predicted molar refractivity (Wildman–Crippen MR) is 112 cm³/mol.